The second kappa shape index (κ2) is 7.77. The molecule has 26 heavy (non-hydrogen) atoms. The summed E-state index contributed by atoms with van der Waals surface area (Å²) in [6.07, 6.45) is 4.89. The lowest BCUT2D eigenvalue weighted by Gasteiger charge is -2.17. The first-order chi connectivity index (χ1) is 12.4. The van der Waals surface area contributed by atoms with Crippen LogP contribution in [0.25, 0.3) is 0 Å². The molecular formula is C17H26N4O4S. The monoisotopic (exact) mass is 382 g/mol. The number of nitrogens with one attached hydrogen (secondary N) is 2. The highest BCUT2D eigenvalue weighted by Crippen LogP contribution is 2.22. The second-order valence-electron chi connectivity index (χ2n) is 7.02. The molecule has 1 unspecified atom stereocenters. The molecule has 1 aromatic rings. The molecule has 144 valence electrons. The van der Waals surface area contributed by atoms with Crippen LogP contribution >= 0.6 is 0 Å². The van der Waals surface area contributed by atoms with Crippen molar-refractivity contribution in [2.75, 3.05) is 18.1 Å². The van der Waals surface area contributed by atoms with Crippen molar-refractivity contribution in [2.45, 2.75) is 58.0 Å². The lowest BCUT2D eigenvalue weighted by Crippen LogP contribution is -2.36. The van der Waals surface area contributed by atoms with Gasteiger partial charge in [0, 0.05) is 19.1 Å². The summed E-state index contributed by atoms with van der Waals surface area (Å²) < 4.78 is 25.0. The predicted molar refractivity (Wildman–Crippen MR) is 96.9 cm³/mol. The van der Waals surface area contributed by atoms with Crippen molar-refractivity contribution in [2.24, 2.45) is 0 Å². The standard InChI is InChI=1S/C17H26N4O4S/c1-2-3-8-18-17(23)15-20-14(13-6-4-5-9-21(13)15)16(22)19-12-7-10-26(24,25)11-12/h12H,2-11H2,1H3,(H,18,23)(H,19,22). The number of amides is 2. The molecule has 3 rings (SSSR count). The van der Waals surface area contributed by atoms with Crippen LogP contribution in [0.2, 0.25) is 0 Å². The number of fused-ring (bicyclic) bond motifs is 1. The molecule has 2 N–H and O–H groups in total. The van der Waals surface area contributed by atoms with E-state index in [2.05, 4.69) is 22.5 Å². The third-order valence-electron chi connectivity index (χ3n) is 4.92. The number of carbonyl (C=O) groups excluding carboxylic acids is 2. The SMILES string of the molecule is CCCCNC(=O)c1nc(C(=O)NC2CCS(=O)(=O)C2)c2n1CCCC2. The van der Waals surface area contributed by atoms with E-state index >= 15 is 0 Å². The fourth-order valence-corrected chi connectivity index (χ4v) is 5.19. The second-order valence-corrected chi connectivity index (χ2v) is 9.25. The number of nitrogens with zero attached hydrogens (tertiary/aromatic N) is 2. The zero-order valence-electron chi connectivity index (χ0n) is 15.1. The Morgan fingerprint density at radius 2 is 2.08 bits per heavy atom. The Hall–Kier alpha value is -1.90. The molecule has 2 aliphatic rings. The first kappa shape index (κ1) is 18.9. The summed E-state index contributed by atoms with van der Waals surface area (Å²) >= 11 is 0. The molecule has 1 saturated heterocycles. The molecule has 0 bridgehead atoms. The molecule has 0 saturated carbocycles. The molecule has 2 amide bonds. The number of carbonyl (C=O) groups is 2. The van der Waals surface area contributed by atoms with Gasteiger partial charge < -0.3 is 15.2 Å². The van der Waals surface area contributed by atoms with Crippen LogP contribution in [0.1, 0.15) is 65.8 Å². The Balaban J connectivity index is 1.78. The summed E-state index contributed by atoms with van der Waals surface area (Å²) in [5.74, 6) is -0.293. The molecule has 0 aromatic carbocycles. The van der Waals surface area contributed by atoms with E-state index in [1.165, 1.54) is 0 Å². The van der Waals surface area contributed by atoms with Gasteiger partial charge in [0.2, 0.25) is 0 Å². The van der Waals surface area contributed by atoms with Crippen LogP contribution in [0, 0.1) is 0 Å². The van der Waals surface area contributed by atoms with E-state index in [4.69, 9.17) is 0 Å². The Morgan fingerprint density at radius 1 is 1.27 bits per heavy atom. The van der Waals surface area contributed by atoms with Gasteiger partial charge in [-0.3, -0.25) is 9.59 Å². The number of unbranched alkanes of at least 4 members (excludes halogenated alkanes) is 1. The van der Waals surface area contributed by atoms with Crippen molar-refractivity contribution < 1.29 is 18.0 Å². The third kappa shape index (κ3) is 4.08. The van der Waals surface area contributed by atoms with E-state index in [1.807, 2.05) is 4.57 Å². The molecule has 2 aliphatic heterocycles. The smallest absolute Gasteiger partial charge is 0.287 e. The van der Waals surface area contributed by atoms with Crippen molar-refractivity contribution in [3.8, 4) is 0 Å². The number of hydrogen-bond donors (Lipinski definition) is 2. The number of sulfone groups is 1. The van der Waals surface area contributed by atoms with E-state index in [0.29, 0.717) is 25.9 Å². The zero-order chi connectivity index (χ0) is 18.7. The summed E-state index contributed by atoms with van der Waals surface area (Å²) in [5.41, 5.74) is 1.03. The minimum atomic E-state index is -3.07. The Bertz CT molecular complexity index is 800. The van der Waals surface area contributed by atoms with E-state index in [0.717, 1.165) is 31.4 Å². The van der Waals surface area contributed by atoms with Gasteiger partial charge in [0.25, 0.3) is 11.8 Å². The maximum absolute atomic E-state index is 12.7. The normalized spacial score (nSPS) is 21.2. The van der Waals surface area contributed by atoms with Crippen LogP contribution in [0.4, 0.5) is 0 Å². The highest BCUT2D eigenvalue weighted by atomic mass is 32.2. The van der Waals surface area contributed by atoms with Crippen molar-refractivity contribution >= 4 is 21.7 Å². The number of aromatic nitrogens is 2. The lowest BCUT2D eigenvalue weighted by atomic mass is 10.1. The summed E-state index contributed by atoms with van der Waals surface area (Å²) in [6.45, 7) is 3.30. The van der Waals surface area contributed by atoms with Crippen LogP contribution in [-0.4, -0.2) is 53.9 Å². The van der Waals surface area contributed by atoms with Crippen LogP contribution in [0.3, 0.4) is 0 Å². The number of imidazole rings is 1. The number of rotatable bonds is 6. The predicted octanol–water partition coefficient (Wildman–Crippen LogP) is 0.666. The maximum Gasteiger partial charge on any atom is 0.287 e. The van der Waals surface area contributed by atoms with Crippen LogP contribution in [0.5, 0.6) is 0 Å². The highest BCUT2D eigenvalue weighted by Gasteiger charge is 2.32. The van der Waals surface area contributed by atoms with Gasteiger partial charge in [0.15, 0.2) is 15.7 Å². The van der Waals surface area contributed by atoms with Crippen molar-refractivity contribution in [3.05, 3.63) is 17.2 Å². The van der Waals surface area contributed by atoms with Crippen LogP contribution in [-0.2, 0) is 22.8 Å². The molecule has 1 fully saturated rings. The Labute approximate surface area is 153 Å². The van der Waals surface area contributed by atoms with E-state index < -0.39 is 9.84 Å². The van der Waals surface area contributed by atoms with Gasteiger partial charge in [-0.05, 0) is 32.1 Å². The van der Waals surface area contributed by atoms with Gasteiger partial charge in [0.1, 0.15) is 5.69 Å². The van der Waals surface area contributed by atoms with E-state index in [9.17, 15) is 18.0 Å². The first-order valence-electron chi connectivity index (χ1n) is 9.30. The van der Waals surface area contributed by atoms with Crippen molar-refractivity contribution in [1.29, 1.82) is 0 Å². The molecule has 1 atom stereocenters. The maximum atomic E-state index is 12.7. The quantitative estimate of drug-likeness (QED) is 0.703. The lowest BCUT2D eigenvalue weighted by molar-refractivity contribution is 0.0934. The van der Waals surface area contributed by atoms with Crippen molar-refractivity contribution in [3.63, 3.8) is 0 Å². The van der Waals surface area contributed by atoms with E-state index in [-0.39, 0.29) is 40.9 Å². The molecule has 0 radical (unpaired) electrons. The summed E-state index contributed by atoms with van der Waals surface area (Å²) in [7, 11) is -3.07. The van der Waals surface area contributed by atoms with E-state index in [1.54, 1.807) is 0 Å². The molecule has 3 heterocycles. The van der Waals surface area contributed by atoms with Gasteiger partial charge in [0.05, 0.1) is 17.2 Å². The highest BCUT2D eigenvalue weighted by molar-refractivity contribution is 7.91. The minimum Gasteiger partial charge on any atom is -0.349 e. The molecule has 9 heteroatoms. The summed E-state index contributed by atoms with van der Waals surface area (Å²) in [4.78, 5) is 29.5. The molecular weight excluding hydrogens is 356 g/mol. The molecule has 8 nitrogen and oxygen atoms in total. The molecule has 0 aliphatic carbocycles. The summed E-state index contributed by atoms with van der Waals surface area (Å²) in [6, 6.07) is -0.379. The fourth-order valence-electron chi connectivity index (χ4n) is 3.52. The van der Waals surface area contributed by atoms with Crippen LogP contribution < -0.4 is 10.6 Å². The summed E-state index contributed by atoms with van der Waals surface area (Å²) in [5, 5.41) is 5.63. The average molecular weight is 382 g/mol. The molecule has 0 spiro atoms. The third-order valence-corrected chi connectivity index (χ3v) is 6.69. The van der Waals surface area contributed by atoms with Gasteiger partial charge in [-0.15, -0.1) is 0 Å². The van der Waals surface area contributed by atoms with Crippen molar-refractivity contribution in [1.82, 2.24) is 20.2 Å². The first-order valence-corrected chi connectivity index (χ1v) is 11.1. The largest absolute Gasteiger partial charge is 0.349 e. The Morgan fingerprint density at radius 3 is 2.77 bits per heavy atom. The topological polar surface area (TPSA) is 110 Å². The fraction of sp³-hybridized carbons (Fsp3) is 0.706. The van der Waals surface area contributed by atoms with Crippen LogP contribution in [0.15, 0.2) is 0 Å². The van der Waals surface area contributed by atoms with Gasteiger partial charge >= 0.3 is 0 Å². The average Bonchev–Trinajstić information content (AvgIpc) is 3.15. The minimum absolute atomic E-state index is 0.0286. The Kier molecular flexibility index (Phi) is 5.64. The molecule has 1 aromatic heterocycles. The van der Waals surface area contributed by atoms with Gasteiger partial charge in [-0.2, -0.15) is 0 Å². The number of hydrogen-bond acceptors (Lipinski definition) is 5. The van der Waals surface area contributed by atoms with Gasteiger partial charge in [-0.1, -0.05) is 13.3 Å². The zero-order valence-corrected chi connectivity index (χ0v) is 15.9. The van der Waals surface area contributed by atoms with Gasteiger partial charge in [-0.25, -0.2) is 13.4 Å².